The molecule has 1 atom stereocenters. The van der Waals surface area contributed by atoms with Gasteiger partial charge in [-0.05, 0) is 28.3 Å². The summed E-state index contributed by atoms with van der Waals surface area (Å²) >= 11 is 0. The summed E-state index contributed by atoms with van der Waals surface area (Å²) in [6.45, 7) is 3.08. The Balaban J connectivity index is 0.00000154. The second-order valence-electron chi connectivity index (χ2n) is 9.61. The summed E-state index contributed by atoms with van der Waals surface area (Å²) in [5.74, 6) is 0.991. The molecule has 4 heterocycles. The molecule has 1 amide bonds. The fourth-order valence-electron chi connectivity index (χ4n) is 5.38. The van der Waals surface area contributed by atoms with Crippen molar-refractivity contribution in [1.82, 2.24) is 35.1 Å². The third-order valence-corrected chi connectivity index (χ3v) is 7.35. The zero-order valence-electron chi connectivity index (χ0n) is 24.9. The monoisotopic (exact) mass is 554 g/mol. The predicted molar refractivity (Wildman–Crippen MR) is 141 cm³/mol. The maximum absolute atomic E-state index is 12.6. The van der Waals surface area contributed by atoms with Crippen LogP contribution in [0.1, 0.15) is 45.4 Å². The van der Waals surface area contributed by atoms with Gasteiger partial charge < -0.3 is 17.4 Å². The topological polar surface area (TPSA) is 137 Å². The van der Waals surface area contributed by atoms with Crippen molar-refractivity contribution < 1.29 is 71.9 Å². The number of carbonyl (C=O) groups is 1. The van der Waals surface area contributed by atoms with E-state index in [2.05, 4.69) is 56.4 Å². The molecule has 0 spiro atoms. The van der Waals surface area contributed by atoms with Crippen LogP contribution in [0.2, 0.25) is 0 Å². The van der Waals surface area contributed by atoms with E-state index < -0.39 is 11.9 Å². The van der Waals surface area contributed by atoms with Crippen molar-refractivity contribution in [3.05, 3.63) is 82.6 Å². The van der Waals surface area contributed by atoms with Crippen LogP contribution in [-0.2, 0) is 30.7 Å². The number of benzene rings is 2. The van der Waals surface area contributed by atoms with Crippen molar-refractivity contribution in [3.8, 4) is 28.6 Å². The fourth-order valence-corrected chi connectivity index (χ4v) is 5.38. The first kappa shape index (κ1) is 30.2. The van der Waals surface area contributed by atoms with Crippen molar-refractivity contribution in [2.24, 2.45) is 0 Å². The van der Waals surface area contributed by atoms with Crippen LogP contribution in [0.5, 0.6) is 0 Å². The van der Waals surface area contributed by atoms with Gasteiger partial charge in [0.1, 0.15) is 17.7 Å². The van der Waals surface area contributed by atoms with Crippen LogP contribution in [0, 0.1) is 11.3 Å². The first-order valence-corrected chi connectivity index (χ1v) is 12.7. The number of hydrogen-bond donors (Lipinski definition) is 2. The molecule has 0 saturated carbocycles. The minimum Gasteiger partial charge on any atom is -1.00 e. The van der Waals surface area contributed by atoms with Gasteiger partial charge in [-0.25, -0.2) is 4.98 Å². The number of nitrogens with zero attached hydrogens (tertiary/aromatic N) is 7. The molecule has 0 radical (unpaired) electrons. The van der Waals surface area contributed by atoms with Crippen LogP contribution in [-0.4, -0.2) is 52.1 Å². The van der Waals surface area contributed by atoms with E-state index in [9.17, 15) is 15.2 Å². The number of aryl methyl sites for hydroxylation is 1. The molecule has 2 aromatic carbocycles. The maximum Gasteiger partial charge on any atom is 1.00 e. The van der Waals surface area contributed by atoms with Crippen molar-refractivity contribution >= 4 is 5.91 Å². The summed E-state index contributed by atoms with van der Waals surface area (Å²) in [7, 11) is 0. The van der Waals surface area contributed by atoms with Crippen LogP contribution in [0.3, 0.4) is 0 Å². The number of hydrogen-bond acceptors (Lipinski definition) is 7. The number of tetrazole rings is 1. The van der Waals surface area contributed by atoms with Crippen LogP contribution >= 0.6 is 0 Å². The van der Waals surface area contributed by atoms with Gasteiger partial charge in [0.2, 0.25) is 5.82 Å². The van der Waals surface area contributed by atoms with Crippen LogP contribution in [0.4, 0.5) is 0 Å². The van der Waals surface area contributed by atoms with E-state index in [1.165, 1.54) is 0 Å². The average Bonchev–Trinajstić information content (AvgIpc) is 3.65. The number of amides is 1. The summed E-state index contributed by atoms with van der Waals surface area (Å²) in [4.78, 5) is 19.1. The van der Waals surface area contributed by atoms with Gasteiger partial charge in [-0.15, -0.1) is 10.2 Å². The first-order chi connectivity index (χ1) is 18.6. The van der Waals surface area contributed by atoms with Crippen molar-refractivity contribution in [2.45, 2.75) is 51.7 Å². The minimum absolute atomic E-state index is 0. The molecule has 2 aromatic heterocycles. The minimum atomic E-state index is -0.511. The number of carbonyl (C=O) groups excluding carboxylic acids is 1. The van der Waals surface area contributed by atoms with Gasteiger partial charge in [-0.3, -0.25) is 4.79 Å². The van der Waals surface area contributed by atoms with Gasteiger partial charge in [0.25, 0.3) is 5.91 Å². The molecule has 0 aliphatic carbocycles. The molecule has 4 aromatic rings. The normalized spacial score (nSPS) is 15.7. The Kier molecular flexibility index (Phi) is 9.67. The third kappa shape index (κ3) is 5.42. The Hall–Kier alpha value is -2.78. The van der Waals surface area contributed by atoms with E-state index in [1.807, 2.05) is 30.3 Å². The number of imidazole rings is 1. The van der Waals surface area contributed by atoms with E-state index in [4.69, 9.17) is 4.98 Å². The van der Waals surface area contributed by atoms with Gasteiger partial charge in [0.15, 0.2) is 5.57 Å². The molecule has 194 valence electrons. The van der Waals surface area contributed by atoms with Gasteiger partial charge in [0, 0.05) is 30.6 Å². The van der Waals surface area contributed by atoms with Crippen molar-refractivity contribution in [3.63, 3.8) is 0 Å². The molecule has 2 aliphatic rings. The summed E-state index contributed by atoms with van der Waals surface area (Å²) < 4.78 is 2.23. The van der Waals surface area contributed by atoms with Gasteiger partial charge >= 0.3 is 59.1 Å². The number of H-pyrrole nitrogens is 1. The number of nitrogens with one attached hydrogen (secondary N) is 1. The standard InChI is InChI=1S/C28H26N8O2.2Na.2H/c1-2-3-8-25-30-22-16-36-24(26(37)21(14-29)28(36)38)13-23(22)35(25)15-17-9-11-18(12-10-17)19-6-4-5-7-20(19)27-31-33-34-32-27;;;;/h4-7,9-12,24,37H,2-3,8,13,15-16H2,1H3,(H,31,32,33,34);;;;/q;2*+1;2*-1. The Morgan fingerprint density at radius 2 is 1.90 bits per heavy atom. The molecule has 0 saturated heterocycles. The molecule has 0 bridgehead atoms. The van der Waals surface area contributed by atoms with Gasteiger partial charge in [-0.1, -0.05) is 61.9 Å². The quantitative estimate of drug-likeness (QED) is 0.251. The largest absolute Gasteiger partial charge is 1.00 e. The SMILES string of the molecule is CCCCc1nc2c(n1Cc1ccc(-c3ccccc3-c3nn[nH]n3)cc1)CC1C(O)=C(C#N)C(=O)N1C2.[H-].[H-].[Na+].[Na+]. The van der Waals surface area contributed by atoms with Crippen LogP contribution in [0.15, 0.2) is 59.9 Å². The Labute approximate surface area is 279 Å². The van der Waals surface area contributed by atoms with Crippen LogP contribution < -0.4 is 59.1 Å². The fraction of sp³-hybridized carbons (Fsp3) is 0.286. The first-order valence-electron chi connectivity index (χ1n) is 12.7. The molecular formula is C28H28N8Na2O2. The molecule has 6 rings (SSSR count). The average molecular weight is 555 g/mol. The third-order valence-electron chi connectivity index (χ3n) is 7.35. The van der Waals surface area contributed by atoms with E-state index >= 15 is 0 Å². The van der Waals surface area contributed by atoms with E-state index in [0.717, 1.165) is 58.7 Å². The number of aliphatic hydroxyl groups is 1. The zero-order valence-corrected chi connectivity index (χ0v) is 26.9. The van der Waals surface area contributed by atoms with Crippen molar-refractivity contribution in [2.75, 3.05) is 0 Å². The summed E-state index contributed by atoms with van der Waals surface area (Å²) in [6.07, 6.45) is 3.34. The Bertz CT molecular complexity index is 1600. The molecule has 0 fully saturated rings. The second kappa shape index (κ2) is 12.8. The van der Waals surface area contributed by atoms with Gasteiger partial charge in [0.05, 0.1) is 18.3 Å². The van der Waals surface area contributed by atoms with E-state index in [-0.39, 0.29) is 73.3 Å². The molecule has 2 aliphatic heterocycles. The summed E-state index contributed by atoms with van der Waals surface area (Å²) in [5, 5.41) is 34.4. The molecule has 12 heteroatoms. The Morgan fingerprint density at radius 1 is 1.15 bits per heavy atom. The molecular weight excluding hydrogens is 526 g/mol. The predicted octanol–water partition coefficient (Wildman–Crippen LogP) is -2.04. The molecule has 1 unspecified atom stereocenters. The van der Waals surface area contributed by atoms with E-state index in [1.54, 1.807) is 4.90 Å². The number of nitriles is 1. The number of unbranched alkanes of at least 4 members (excludes halogenated alkanes) is 1. The molecule has 40 heavy (non-hydrogen) atoms. The van der Waals surface area contributed by atoms with E-state index in [0.29, 0.717) is 25.3 Å². The smallest absolute Gasteiger partial charge is 1.00 e. The maximum atomic E-state index is 12.6. The number of aromatic nitrogens is 6. The second-order valence-corrected chi connectivity index (χ2v) is 9.61. The number of aliphatic hydroxyl groups excluding tert-OH is 1. The number of rotatable bonds is 7. The molecule has 10 nitrogen and oxygen atoms in total. The number of aromatic amines is 1. The molecule has 2 N–H and O–H groups in total. The zero-order chi connectivity index (χ0) is 26.2. The van der Waals surface area contributed by atoms with Crippen LogP contribution in [0.25, 0.3) is 22.5 Å². The van der Waals surface area contributed by atoms with Crippen molar-refractivity contribution in [1.29, 1.82) is 5.26 Å². The Morgan fingerprint density at radius 3 is 2.58 bits per heavy atom. The van der Waals surface area contributed by atoms with Gasteiger partial charge in [-0.2, -0.15) is 10.5 Å². The number of fused-ring (bicyclic) bond motifs is 2. The summed E-state index contributed by atoms with van der Waals surface area (Å²) in [6, 6.07) is 17.7. The summed E-state index contributed by atoms with van der Waals surface area (Å²) in [5.41, 5.74) is 5.79.